The van der Waals surface area contributed by atoms with E-state index in [2.05, 4.69) is 0 Å². The van der Waals surface area contributed by atoms with E-state index >= 15 is 0 Å². The fraction of sp³-hybridized carbons (Fsp3) is 0.450. The van der Waals surface area contributed by atoms with Crippen LogP contribution < -0.4 is 14.2 Å². The van der Waals surface area contributed by atoms with Crippen LogP contribution in [0.5, 0.6) is 17.2 Å². The minimum atomic E-state index is 0.0297. The molecule has 0 aromatic heterocycles. The Labute approximate surface area is 170 Å². The first kappa shape index (κ1) is 22.1. The van der Waals surface area contributed by atoms with Gasteiger partial charge in [-0.3, -0.25) is 4.79 Å². The van der Waals surface area contributed by atoms with Gasteiger partial charge in [-0.1, -0.05) is 18.2 Å². The average Bonchev–Trinajstić information content (AvgIpc) is 3.26. The molecule has 1 saturated heterocycles. The van der Waals surface area contributed by atoms with Crippen LogP contribution >= 0.6 is 11.8 Å². The summed E-state index contributed by atoms with van der Waals surface area (Å²) in [7, 11) is 4.74. The molecule has 0 N–H and O–H groups in total. The molecule has 7 nitrogen and oxygen atoms in total. The molecule has 0 aliphatic carbocycles. The molecule has 2 rings (SSSR count). The number of amides is 1. The zero-order valence-corrected chi connectivity index (χ0v) is 17.3. The number of carbonyl (C=O) groups is 1. The van der Waals surface area contributed by atoms with Gasteiger partial charge in [-0.05, 0) is 17.7 Å². The highest BCUT2D eigenvalue weighted by molar-refractivity contribution is 7.99. The maximum Gasteiger partial charge on any atom is 0.247 e. The molecule has 1 aliphatic rings. The van der Waals surface area contributed by atoms with Gasteiger partial charge in [-0.25, -0.2) is 0 Å². The summed E-state index contributed by atoms with van der Waals surface area (Å²) in [6, 6.07) is 3.66. The quantitative estimate of drug-likeness (QED) is 0.241. The standard InChI is InChI=1S/C20H27NO6S/c1-23-9-10-26-15-27-20-17(24-2)12-16(13-18(20)25-3)6-4-5-7-19(22)21-8-11-28-14-21/h4-7,12-13H,8-11,14-15H2,1-3H3. The van der Waals surface area contributed by atoms with Crippen LogP contribution in [0.1, 0.15) is 5.56 Å². The zero-order chi connectivity index (χ0) is 20.2. The Morgan fingerprint density at radius 2 is 1.89 bits per heavy atom. The number of hydrogen-bond donors (Lipinski definition) is 0. The van der Waals surface area contributed by atoms with E-state index in [0.29, 0.717) is 30.5 Å². The van der Waals surface area contributed by atoms with Crippen molar-refractivity contribution in [2.24, 2.45) is 0 Å². The molecule has 0 atom stereocenters. The van der Waals surface area contributed by atoms with Crippen LogP contribution in [-0.2, 0) is 14.3 Å². The van der Waals surface area contributed by atoms with Gasteiger partial charge in [-0.2, -0.15) is 0 Å². The van der Waals surface area contributed by atoms with Crippen molar-refractivity contribution < 1.29 is 28.5 Å². The Hall–Kier alpha value is -2.16. The highest BCUT2D eigenvalue weighted by atomic mass is 32.2. The molecule has 0 spiro atoms. The Kier molecular flexibility index (Phi) is 9.74. The number of benzene rings is 1. The summed E-state index contributed by atoms with van der Waals surface area (Å²) in [5.41, 5.74) is 0.857. The summed E-state index contributed by atoms with van der Waals surface area (Å²) < 4.78 is 26.7. The van der Waals surface area contributed by atoms with Crippen LogP contribution in [0.25, 0.3) is 6.08 Å². The van der Waals surface area contributed by atoms with E-state index in [-0.39, 0.29) is 12.7 Å². The fourth-order valence-electron chi connectivity index (χ4n) is 2.44. The van der Waals surface area contributed by atoms with Gasteiger partial charge in [0.2, 0.25) is 11.7 Å². The molecule has 1 aliphatic heterocycles. The van der Waals surface area contributed by atoms with Gasteiger partial charge in [0.15, 0.2) is 18.3 Å². The van der Waals surface area contributed by atoms with Crippen LogP contribution in [0.4, 0.5) is 0 Å². The zero-order valence-electron chi connectivity index (χ0n) is 16.5. The highest BCUT2D eigenvalue weighted by Gasteiger charge is 2.15. The molecule has 8 heteroatoms. The average molecular weight is 410 g/mol. The SMILES string of the molecule is COCCOCOc1c(OC)cc(C=CC=CC(=O)N2CCSC2)cc1OC. The number of rotatable bonds is 11. The summed E-state index contributed by atoms with van der Waals surface area (Å²) in [4.78, 5) is 13.8. The molecule has 1 aromatic carbocycles. The van der Waals surface area contributed by atoms with Crippen LogP contribution in [0.2, 0.25) is 0 Å². The molecular weight excluding hydrogens is 382 g/mol. The Balaban J connectivity index is 2.01. The lowest BCUT2D eigenvalue weighted by Gasteiger charge is -2.15. The van der Waals surface area contributed by atoms with Gasteiger partial charge in [-0.15, -0.1) is 11.8 Å². The lowest BCUT2D eigenvalue weighted by Crippen LogP contribution is -2.25. The fourth-order valence-corrected chi connectivity index (χ4v) is 3.39. The third-order valence-corrected chi connectivity index (χ3v) is 4.87. The van der Waals surface area contributed by atoms with E-state index in [1.807, 2.05) is 29.2 Å². The summed E-state index contributed by atoms with van der Waals surface area (Å²) in [6.07, 6.45) is 6.99. The second-order valence-corrected chi connectivity index (χ2v) is 6.85. The van der Waals surface area contributed by atoms with Gasteiger partial charge in [0.25, 0.3) is 0 Å². The third kappa shape index (κ3) is 6.78. The lowest BCUT2D eigenvalue weighted by molar-refractivity contribution is -0.124. The van der Waals surface area contributed by atoms with E-state index in [9.17, 15) is 4.79 Å². The lowest BCUT2D eigenvalue weighted by atomic mass is 10.1. The van der Waals surface area contributed by atoms with Crippen LogP contribution in [0.3, 0.4) is 0 Å². The Morgan fingerprint density at radius 3 is 2.50 bits per heavy atom. The van der Waals surface area contributed by atoms with Crippen molar-refractivity contribution in [3.63, 3.8) is 0 Å². The van der Waals surface area contributed by atoms with Crippen LogP contribution in [0.15, 0.2) is 30.4 Å². The molecule has 0 radical (unpaired) electrons. The number of hydrogen-bond acceptors (Lipinski definition) is 7. The number of ether oxygens (including phenoxy) is 5. The maximum atomic E-state index is 12.0. The van der Waals surface area contributed by atoms with Crippen molar-refractivity contribution in [3.05, 3.63) is 35.9 Å². The van der Waals surface area contributed by atoms with E-state index in [1.54, 1.807) is 45.2 Å². The van der Waals surface area contributed by atoms with Gasteiger partial charge in [0, 0.05) is 25.5 Å². The van der Waals surface area contributed by atoms with E-state index in [0.717, 1.165) is 23.7 Å². The van der Waals surface area contributed by atoms with E-state index in [1.165, 1.54) is 0 Å². The van der Waals surface area contributed by atoms with Gasteiger partial charge in [0.05, 0.1) is 33.3 Å². The topological polar surface area (TPSA) is 66.5 Å². The van der Waals surface area contributed by atoms with Crippen molar-refractivity contribution in [2.75, 3.05) is 59.5 Å². The largest absolute Gasteiger partial charge is 0.493 e. The predicted molar refractivity (Wildman–Crippen MR) is 110 cm³/mol. The molecule has 0 unspecified atom stereocenters. The van der Waals surface area contributed by atoms with Crippen LogP contribution in [-0.4, -0.2) is 70.3 Å². The predicted octanol–water partition coefficient (Wildman–Crippen LogP) is 2.81. The van der Waals surface area contributed by atoms with Gasteiger partial charge < -0.3 is 28.6 Å². The van der Waals surface area contributed by atoms with Crippen LogP contribution in [0, 0.1) is 0 Å². The monoisotopic (exact) mass is 409 g/mol. The number of allylic oxidation sites excluding steroid dienone is 2. The number of nitrogens with zero attached hydrogens (tertiary/aromatic N) is 1. The molecule has 1 fully saturated rings. The first-order valence-electron chi connectivity index (χ1n) is 8.86. The van der Waals surface area contributed by atoms with Gasteiger partial charge in [0.1, 0.15) is 0 Å². The Bertz CT molecular complexity index is 660. The summed E-state index contributed by atoms with van der Waals surface area (Å²) in [5.74, 6) is 3.32. The van der Waals surface area contributed by atoms with Crippen molar-refractivity contribution in [2.45, 2.75) is 0 Å². The minimum absolute atomic E-state index is 0.0297. The molecule has 0 saturated carbocycles. The molecular formula is C20H27NO6S. The molecule has 154 valence electrons. The van der Waals surface area contributed by atoms with Crippen molar-refractivity contribution >= 4 is 23.7 Å². The van der Waals surface area contributed by atoms with Crippen molar-refractivity contribution in [1.29, 1.82) is 0 Å². The third-order valence-electron chi connectivity index (χ3n) is 3.90. The molecule has 1 amide bonds. The number of thioether (sulfide) groups is 1. The molecule has 1 aromatic rings. The smallest absolute Gasteiger partial charge is 0.247 e. The second-order valence-electron chi connectivity index (χ2n) is 5.78. The van der Waals surface area contributed by atoms with Gasteiger partial charge >= 0.3 is 0 Å². The second kappa shape index (κ2) is 12.3. The highest BCUT2D eigenvalue weighted by Crippen LogP contribution is 2.38. The summed E-state index contributed by atoms with van der Waals surface area (Å²) >= 11 is 1.76. The molecule has 0 bridgehead atoms. The van der Waals surface area contributed by atoms with E-state index in [4.69, 9.17) is 23.7 Å². The molecule has 28 heavy (non-hydrogen) atoms. The van der Waals surface area contributed by atoms with Crippen molar-refractivity contribution in [1.82, 2.24) is 4.90 Å². The van der Waals surface area contributed by atoms with Crippen molar-refractivity contribution in [3.8, 4) is 17.2 Å². The maximum absolute atomic E-state index is 12.0. The first-order valence-corrected chi connectivity index (χ1v) is 10.0. The number of carbonyl (C=O) groups excluding carboxylic acids is 1. The molecule has 1 heterocycles. The normalized spacial score (nSPS) is 14.2. The first-order chi connectivity index (χ1) is 13.7. The summed E-state index contributed by atoms with van der Waals surface area (Å²) in [6.45, 7) is 1.80. The summed E-state index contributed by atoms with van der Waals surface area (Å²) in [5, 5.41) is 0. The number of methoxy groups -OCH3 is 3. The Morgan fingerprint density at radius 1 is 1.14 bits per heavy atom. The minimum Gasteiger partial charge on any atom is -0.493 e. The van der Waals surface area contributed by atoms with E-state index < -0.39 is 0 Å².